The molecule has 0 heterocycles. The fourth-order valence-electron chi connectivity index (χ4n) is 5.54. The third-order valence-corrected chi connectivity index (χ3v) is 8.83. The van der Waals surface area contributed by atoms with Gasteiger partial charge in [0.05, 0.1) is 0 Å². The number of carbonyl (C=O) groups is 3. The largest absolute Gasteiger partial charge is 0.462 e. The van der Waals surface area contributed by atoms with Crippen LogP contribution in [0.5, 0.6) is 0 Å². The second-order valence-electron chi connectivity index (χ2n) is 14.2. The molecule has 0 aliphatic rings. The Morgan fingerprint density at radius 2 is 0.696 bits per heavy atom. The van der Waals surface area contributed by atoms with Crippen molar-refractivity contribution in [1.29, 1.82) is 0 Å². The zero-order chi connectivity index (χ0) is 40.8. The molecule has 0 N–H and O–H groups in total. The standard InChI is InChI=1S/C50H80O6/c1-4-7-10-13-16-18-20-22-23-24-25-26-27-29-30-32-34-37-40-43-49(52)55-46-47(45-54-48(51)42-39-36-15-12-9-6-3)56-50(53)44-41-38-35-33-31-28-21-19-17-14-11-8-5-2/h7-8,10-11,16-19,22-23,25-26,28-31,47H,4-6,9,12-15,20-21,24,27,32-46H2,1-3H3/b10-7-,11-8-,18-16-,19-17-,23-22-,26-25-,30-29-,31-28-. The molecule has 1 unspecified atom stereocenters. The highest BCUT2D eigenvalue weighted by Crippen LogP contribution is 2.11. The summed E-state index contributed by atoms with van der Waals surface area (Å²) in [6.45, 7) is 6.26. The summed E-state index contributed by atoms with van der Waals surface area (Å²) in [5.41, 5.74) is 0. The Morgan fingerprint density at radius 3 is 1.09 bits per heavy atom. The van der Waals surface area contributed by atoms with Gasteiger partial charge in [-0.2, -0.15) is 0 Å². The van der Waals surface area contributed by atoms with E-state index < -0.39 is 6.10 Å². The van der Waals surface area contributed by atoms with E-state index in [2.05, 4.69) is 118 Å². The lowest BCUT2D eigenvalue weighted by Crippen LogP contribution is -2.30. The molecule has 316 valence electrons. The van der Waals surface area contributed by atoms with Crippen molar-refractivity contribution < 1.29 is 28.6 Å². The Morgan fingerprint density at radius 1 is 0.375 bits per heavy atom. The molecule has 0 aromatic carbocycles. The number of allylic oxidation sites excluding steroid dienone is 16. The van der Waals surface area contributed by atoms with Gasteiger partial charge in [0.1, 0.15) is 13.2 Å². The van der Waals surface area contributed by atoms with Gasteiger partial charge in [-0.05, 0) is 96.3 Å². The molecular weight excluding hydrogens is 697 g/mol. The summed E-state index contributed by atoms with van der Waals surface area (Å²) in [7, 11) is 0. The maximum atomic E-state index is 12.7. The zero-order valence-electron chi connectivity index (χ0n) is 35.9. The zero-order valence-corrected chi connectivity index (χ0v) is 35.9. The smallest absolute Gasteiger partial charge is 0.306 e. The van der Waals surface area contributed by atoms with Crippen LogP contribution in [-0.4, -0.2) is 37.2 Å². The summed E-state index contributed by atoms with van der Waals surface area (Å²) in [4.78, 5) is 37.5. The molecule has 0 saturated heterocycles. The second kappa shape index (κ2) is 44.0. The topological polar surface area (TPSA) is 78.9 Å². The molecule has 56 heavy (non-hydrogen) atoms. The lowest BCUT2D eigenvalue weighted by atomic mass is 10.1. The van der Waals surface area contributed by atoms with Gasteiger partial charge in [0.15, 0.2) is 6.10 Å². The number of unbranched alkanes of at least 4 members (excludes halogenated alkanes) is 11. The molecule has 6 nitrogen and oxygen atoms in total. The highest BCUT2D eigenvalue weighted by Gasteiger charge is 2.19. The summed E-state index contributed by atoms with van der Waals surface area (Å²) < 4.78 is 16.6. The van der Waals surface area contributed by atoms with Crippen LogP contribution in [0.25, 0.3) is 0 Å². The van der Waals surface area contributed by atoms with E-state index in [9.17, 15) is 14.4 Å². The molecule has 0 aliphatic heterocycles. The van der Waals surface area contributed by atoms with Crippen molar-refractivity contribution in [3.63, 3.8) is 0 Å². The highest BCUT2D eigenvalue weighted by atomic mass is 16.6. The Balaban J connectivity index is 4.39. The van der Waals surface area contributed by atoms with Crippen LogP contribution in [-0.2, 0) is 28.6 Å². The SMILES string of the molecule is CC/C=C\C/C=C\C/C=C\C/C=C\C/C=C\CCCCCC(=O)OCC(COC(=O)CCCCCCCC)OC(=O)CCCCC/C=C\C/C=C\C/C=C\CC. The van der Waals surface area contributed by atoms with Gasteiger partial charge in [-0.25, -0.2) is 0 Å². The van der Waals surface area contributed by atoms with E-state index in [0.717, 1.165) is 122 Å². The molecule has 0 radical (unpaired) electrons. The molecule has 0 spiro atoms. The number of hydrogen-bond acceptors (Lipinski definition) is 6. The summed E-state index contributed by atoms with van der Waals surface area (Å²) in [5.74, 6) is -0.987. The predicted molar refractivity (Wildman–Crippen MR) is 237 cm³/mol. The van der Waals surface area contributed by atoms with Crippen LogP contribution < -0.4 is 0 Å². The third kappa shape index (κ3) is 41.5. The highest BCUT2D eigenvalue weighted by molar-refractivity contribution is 5.71. The Bertz CT molecular complexity index is 1170. The van der Waals surface area contributed by atoms with E-state index in [-0.39, 0.29) is 37.5 Å². The first-order valence-electron chi connectivity index (χ1n) is 22.2. The minimum Gasteiger partial charge on any atom is -0.462 e. The molecule has 1 atom stereocenters. The van der Waals surface area contributed by atoms with Crippen molar-refractivity contribution >= 4 is 17.9 Å². The fraction of sp³-hybridized carbons (Fsp3) is 0.620. The molecular formula is C50H80O6. The Hall–Kier alpha value is -3.67. The van der Waals surface area contributed by atoms with Crippen LogP contribution in [0.3, 0.4) is 0 Å². The van der Waals surface area contributed by atoms with Gasteiger partial charge in [0.2, 0.25) is 0 Å². The Labute approximate surface area is 343 Å². The van der Waals surface area contributed by atoms with Crippen molar-refractivity contribution in [3.8, 4) is 0 Å². The van der Waals surface area contributed by atoms with E-state index >= 15 is 0 Å². The summed E-state index contributed by atoms with van der Waals surface area (Å²) in [6, 6.07) is 0. The molecule has 0 bridgehead atoms. The number of carbonyl (C=O) groups excluding carboxylic acids is 3. The maximum absolute atomic E-state index is 12.7. The summed E-state index contributed by atoms with van der Waals surface area (Å²) in [5, 5.41) is 0. The van der Waals surface area contributed by atoms with Gasteiger partial charge in [-0.3, -0.25) is 14.4 Å². The first kappa shape index (κ1) is 52.3. The lowest BCUT2D eigenvalue weighted by Gasteiger charge is -2.18. The summed E-state index contributed by atoms with van der Waals surface area (Å²) >= 11 is 0. The van der Waals surface area contributed by atoms with Crippen molar-refractivity contribution in [3.05, 3.63) is 97.2 Å². The quantitative estimate of drug-likeness (QED) is 0.0269. The van der Waals surface area contributed by atoms with Crippen molar-refractivity contribution in [2.24, 2.45) is 0 Å². The van der Waals surface area contributed by atoms with Crippen molar-refractivity contribution in [2.75, 3.05) is 13.2 Å². The molecule has 0 fully saturated rings. The average Bonchev–Trinajstić information content (AvgIpc) is 3.19. The minimum absolute atomic E-state index is 0.102. The van der Waals surface area contributed by atoms with Crippen LogP contribution in [0.15, 0.2) is 97.2 Å². The molecule has 0 aromatic heterocycles. The van der Waals surface area contributed by atoms with E-state index in [1.54, 1.807) is 0 Å². The molecule has 0 rings (SSSR count). The van der Waals surface area contributed by atoms with Crippen LogP contribution >= 0.6 is 0 Å². The van der Waals surface area contributed by atoms with E-state index in [0.29, 0.717) is 12.8 Å². The first-order valence-corrected chi connectivity index (χ1v) is 22.2. The number of esters is 3. The number of ether oxygens (including phenoxy) is 3. The van der Waals surface area contributed by atoms with Gasteiger partial charge < -0.3 is 14.2 Å². The summed E-state index contributed by atoms with van der Waals surface area (Å²) in [6.07, 6.45) is 57.0. The molecule has 6 heteroatoms. The van der Waals surface area contributed by atoms with Gasteiger partial charge >= 0.3 is 17.9 Å². The van der Waals surface area contributed by atoms with Gasteiger partial charge in [-0.1, -0.05) is 163 Å². The Kier molecular flexibility index (Phi) is 41.2. The normalized spacial score (nSPS) is 13.0. The maximum Gasteiger partial charge on any atom is 0.306 e. The average molecular weight is 777 g/mol. The first-order chi connectivity index (χ1) is 27.5. The molecule has 0 amide bonds. The minimum atomic E-state index is -0.802. The van der Waals surface area contributed by atoms with Crippen LogP contribution in [0.1, 0.15) is 181 Å². The monoisotopic (exact) mass is 777 g/mol. The second-order valence-corrected chi connectivity index (χ2v) is 14.2. The third-order valence-electron chi connectivity index (χ3n) is 8.83. The van der Waals surface area contributed by atoms with Gasteiger partial charge in [0, 0.05) is 19.3 Å². The number of hydrogen-bond donors (Lipinski definition) is 0. The van der Waals surface area contributed by atoms with Gasteiger partial charge in [0.25, 0.3) is 0 Å². The van der Waals surface area contributed by atoms with E-state index in [1.165, 1.54) is 19.3 Å². The molecule has 0 aromatic rings. The van der Waals surface area contributed by atoms with Crippen LogP contribution in [0, 0.1) is 0 Å². The van der Waals surface area contributed by atoms with Crippen molar-refractivity contribution in [2.45, 2.75) is 187 Å². The van der Waals surface area contributed by atoms with Gasteiger partial charge in [-0.15, -0.1) is 0 Å². The number of rotatable bonds is 38. The van der Waals surface area contributed by atoms with E-state index in [1.807, 2.05) is 0 Å². The van der Waals surface area contributed by atoms with E-state index in [4.69, 9.17) is 14.2 Å². The predicted octanol–water partition coefficient (Wildman–Crippen LogP) is 14.2. The van der Waals surface area contributed by atoms with Crippen molar-refractivity contribution in [1.82, 2.24) is 0 Å². The van der Waals surface area contributed by atoms with Crippen LogP contribution in [0.4, 0.5) is 0 Å². The molecule has 0 aliphatic carbocycles. The lowest BCUT2D eigenvalue weighted by molar-refractivity contribution is -0.167. The molecule has 0 saturated carbocycles. The van der Waals surface area contributed by atoms with Crippen LogP contribution in [0.2, 0.25) is 0 Å². The fourth-order valence-corrected chi connectivity index (χ4v) is 5.54.